The number of ether oxygens (including phenoxy) is 3. The van der Waals surface area contributed by atoms with Gasteiger partial charge in [0, 0.05) is 55.6 Å². The number of fused-ring (bicyclic) bond motifs is 1. The Morgan fingerprint density at radius 3 is 3.04 bits per heavy atom. The Bertz CT molecular complexity index is 550. The molecule has 3 saturated heterocycles. The van der Waals surface area contributed by atoms with Crippen molar-refractivity contribution in [1.82, 2.24) is 14.9 Å². The van der Waals surface area contributed by atoms with E-state index in [9.17, 15) is 0 Å². The van der Waals surface area contributed by atoms with E-state index in [-0.39, 0.29) is 5.41 Å². The van der Waals surface area contributed by atoms with Crippen LogP contribution >= 0.6 is 0 Å². The molecular weight excluding hydrogens is 294 g/mol. The molecule has 3 fully saturated rings. The molecule has 23 heavy (non-hydrogen) atoms. The summed E-state index contributed by atoms with van der Waals surface area (Å²) in [6.45, 7) is 8.17. The Morgan fingerprint density at radius 2 is 2.22 bits per heavy atom. The van der Waals surface area contributed by atoms with Crippen LogP contribution in [0.1, 0.15) is 18.5 Å². The van der Waals surface area contributed by atoms with Crippen LogP contribution in [0.25, 0.3) is 0 Å². The van der Waals surface area contributed by atoms with Gasteiger partial charge in [0.15, 0.2) is 0 Å². The smallest absolute Gasteiger partial charge is 0.316 e. The van der Waals surface area contributed by atoms with Crippen LogP contribution in [-0.2, 0) is 9.47 Å². The van der Waals surface area contributed by atoms with E-state index in [4.69, 9.17) is 14.2 Å². The van der Waals surface area contributed by atoms with Crippen LogP contribution < -0.4 is 4.74 Å². The number of rotatable bonds is 4. The first-order chi connectivity index (χ1) is 11.3. The van der Waals surface area contributed by atoms with Gasteiger partial charge < -0.3 is 14.2 Å². The maximum absolute atomic E-state index is 5.96. The Labute approximate surface area is 137 Å². The highest BCUT2D eigenvalue weighted by molar-refractivity contribution is 5.06. The predicted molar refractivity (Wildman–Crippen MR) is 84.4 cm³/mol. The summed E-state index contributed by atoms with van der Waals surface area (Å²) in [5, 5.41) is 0. The molecule has 4 rings (SSSR count). The summed E-state index contributed by atoms with van der Waals surface area (Å²) in [4.78, 5) is 11.2. The Hall–Kier alpha value is -1.24. The van der Waals surface area contributed by atoms with Crippen LogP contribution in [0, 0.1) is 18.3 Å². The van der Waals surface area contributed by atoms with E-state index < -0.39 is 0 Å². The lowest BCUT2D eigenvalue weighted by Crippen LogP contribution is -2.41. The van der Waals surface area contributed by atoms with Crippen LogP contribution in [0.2, 0.25) is 0 Å². The van der Waals surface area contributed by atoms with Crippen molar-refractivity contribution in [2.45, 2.75) is 25.8 Å². The van der Waals surface area contributed by atoms with Crippen molar-refractivity contribution in [2.24, 2.45) is 11.3 Å². The van der Waals surface area contributed by atoms with Gasteiger partial charge in [-0.25, -0.2) is 9.97 Å². The Kier molecular flexibility index (Phi) is 4.22. The minimum Gasteiger partial charge on any atom is -0.463 e. The van der Waals surface area contributed by atoms with Gasteiger partial charge in [0.25, 0.3) is 0 Å². The van der Waals surface area contributed by atoms with Crippen LogP contribution in [0.4, 0.5) is 0 Å². The first-order valence-electron chi connectivity index (χ1n) is 8.57. The highest BCUT2D eigenvalue weighted by Crippen LogP contribution is 2.43. The van der Waals surface area contributed by atoms with Gasteiger partial charge in [-0.1, -0.05) is 0 Å². The lowest BCUT2D eigenvalue weighted by molar-refractivity contribution is 0.0255. The average molecular weight is 319 g/mol. The molecule has 0 unspecified atom stereocenters. The molecule has 0 spiro atoms. The largest absolute Gasteiger partial charge is 0.463 e. The monoisotopic (exact) mass is 319 g/mol. The molecule has 0 N–H and O–H groups in total. The van der Waals surface area contributed by atoms with Gasteiger partial charge in [-0.15, -0.1) is 0 Å². The minimum atomic E-state index is 0.0887. The second kappa shape index (κ2) is 6.34. The van der Waals surface area contributed by atoms with Gasteiger partial charge in [0.05, 0.1) is 13.2 Å². The van der Waals surface area contributed by atoms with Crippen molar-refractivity contribution in [3.63, 3.8) is 0 Å². The third kappa shape index (κ3) is 3.07. The topological polar surface area (TPSA) is 56.7 Å². The van der Waals surface area contributed by atoms with E-state index >= 15 is 0 Å². The number of likely N-dealkylation sites (tertiary alicyclic amines) is 1. The van der Waals surface area contributed by atoms with Crippen molar-refractivity contribution in [3.05, 3.63) is 18.0 Å². The van der Waals surface area contributed by atoms with Crippen molar-refractivity contribution < 1.29 is 14.2 Å². The summed E-state index contributed by atoms with van der Waals surface area (Å²) in [5.74, 6) is 0.551. The van der Waals surface area contributed by atoms with E-state index in [1.165, 1.54) is 0 Å². The molecule has 0 aliphatic carbocycles. The average Bonchev–Trinajstić information content (AvgIpc) is 3.11. The molecule has 2 atom stereocenters. The predicted octanol–water partition coefficient (Wildman–Crippen LogP) is 1.29. The molecule has 6 heteroatoms. The van der Waals surface area contributed by atoms with E-state index in [1.807, 2.05) is 13.0 Å². The Morgan fingerprint density at radius 1 is 1.35 bits per heavy atom. The standard InChI is InChI=1S/C17H25N3O3/c1-13-2-5-18-16(19-13)23-12-17-10-20(8-14(17)9-22-11-17)15-3-6-21-7-4-15/h2,5,14-15H,3-4,6-12H2,1H3/t14-,17+/m1/s1. The fourth-order valence-corrected chi connectivity index (χ4v) is 4.11. The number of hydrogen-bond acceptors (Lipinski definition) is 6. The lowest BCUT2D eigenvalue weighted by Gasteiger charge is -2.33. The molecule has 126 valence electrons. The summed E-state index contributed by atoms with van der Waals surface area (Å²) >= 11 is 0. The van der Waals surface area contributed by atoms with Gasteiger partial charge in [-0.2, -0.15) is 0 Å². The van der Waals surface area contributed by atoms with Gasteiger partial charge in [-0.05, 0) is 25.8 Å². The first-order valence-corrected chi connectivity index (χ1v) is 8.57. The molecule has 0 radical (unpaired) electrons. The maximum Gasteiger partial charge on any atom is 0.316 e. The van der Waals surface area contributed by atoms with Crippen molar-refractivity contribution in [1.29, 1.82) is 0 Å². The number of hydrogen-bond donors (Lipinski definition) is 0. The van der Waals surface area contributed by atoms with Gasteiger partial charge in [-0.3, -0.25) is 4.90 Å². The third-order valence-electron chi connectivity index (χ3n) is 5.52. The summed E-state index contributed by atoms with van der Waals surface area (Å²) in [6, 6.07) is 3.02. The highest BCUT2D eigenvalue weighted by Gasteiger charge is 2.52. The molecule has 3 aliphatic rings. The molecule has 0 amide bonds. The van der Waals surface area contributed by atoms with Gasteiger partial charge in [0.1, 0.15) is 6.61 Å². The zero-order chi connectivity index (χ0) is 15.7. The second-order valence-corrected chi connectivity index (χ2v) is 7.12. The van der Waals surface area contributed by atoms with Gasteiger partial charge in [0.2, 0.25) is 0 Å². The van der Waals surface area contributed by atoms with Gasteiger partial charge >= 0.3 is 6.01 Å². The highest BCUT2D eigenvalue weighted by atomic mass is 16.5. The molecule has 1 aromatic rings. The summed E-state index contributed by atoms with van der Waals surface area (Å²) < 4.78 is 17.3. The van der Waals surface area contributed by atoms with Crippen molar-refractivity contribution in [3.8, 4) is 6.01 Å². The van der Waals surface area contributed by atoms with E-state index in [0.29, 0.717) is 24.6 Å². The normalized spacial score (nSPS) is 32.1. The Balaban J connectivity index is 1.43. The zero-order valence-electron chi connectivity index (χ0n) is 13.7. The van der Waals surface area contributed by atoms with Crippen LogP contribution in [0.3, 0.4) is 0 Å². The van der Waals surface area contributed by atoms with Crippen LogP contribution in [0.5, 0.6) is 6.01 Å². The molecule has 0 saturated carbocycles. The fraction of sp³-hybridized carbons (Fsp3) is 0.765. The molecule has 1 aromatic heterocycles. The number of nitrogens with zero attached hydrogens (tertiary/aromatic N) is 3. The summed E-state index contributed by atoms with van der Waals surface area (Å²) in [5.41, 5.74) is 1.02. The van der Waals surface area contributed by atoms with Crippen LogP contribution in [-0.4, -0.2) is 67.0 Å². The molecule has 0 aromatic carbocycles. The molecule has 3 aliphatic heterocycles. The zero-order valence-corrected chi connectivity index (χ0v) is 13.7. The minimum absolute atomic E-state index is 0.0887. The molecule has 0 bridgehead atoms. The van der Waals surface area contributed by atoms with Crippen molar-refractivity contribution >= 4 is 0 Å². The fourth-order valence-electron chi connectivity index (χ4n) is 4.11. The summed E-state index contributed by atoms with van der Waals surface area (Å²) in [6.07, 6.45) is 4.04. The van der Waals surface area contributed by atoms with Crippen molar-refractivity contribution in [2.75, 3.05) is 46.1 Å². The number of aromatic nitrogens is 2. The SMILES string of the molecule is Cc1ccnc(OC[C@]23COC[C@H]2CN(C2CCOCC2)C3)n1. The summed E-state index contributed by atoms with van der Waals surface area (Å²) in [7, 11) is 0. The van der Waals surface area contributed by atoms with E-state index in [0.717, 1.165) is 58.1 Å². The first kappa shape index (κ1) is 15.3. The maximum atomic E-state index is 5.96. The quantitative estimate of drug-likeness (QED) is 0.833. The second-order valence-electron chi connectivity index (χ2n) is 7.12. The van der Waals surface area contributed by atoms with E-state index in [1.54, 1.807) is 6.20 Å². The molecule has 4 heterocycles. The third-order valence-corrected chi connectivity index (χ3v) is 5.52. The van der Waals surface area contributed by atoms with Crippen LogP contribution in [0.15, 0.2) is 12.3 Å². The van der Waals surface area contributed by atoms with E-state index in [2.05, 4.69) is 14.9 Å². The molecular formula is C17H25N3O3. The molecule has 6 nitrogen and oxygen atoms in total. The lowest BCUT2D eigenvalue weighted by atomic mass is 9.82. The number of aryl methyl sites for hydroxylation is 1.